The summed E-state index contributed by atoms with van der Waals surface area (Å²) >= 11 is 0. The molecule has 1 aromatic carbocycles. The molecule has 7 N–H and O–H groups in total. The molecule has 0 spiro atoms. The fourth-order valence-corrected chi connectivity index (χ4v) is 7.46. The Morgan fingerprint density at radius 3 is 1.90 bits per heavy atom. The third-order valence-corrected chi connectivity index (χ3v) is 10.4. The molecule has 20 nitrogen and oxygen atoms in total. The molecule has 1 saturated heterocycles. The molecule has 0 atom stereocenters. The van der Waals surface area contributed by atoms with E-state index in [0.717, 1.165) is 39.1 Å². The molecule has 0 radical (unpaired) electrons. The molecule has 0 saturated carbocycles. The Bertz CT molecular complexity index is 2560. The van der Waals surface area contributed by atoms with Crippen molar-refractivity contribution in [1.82, 2.24) is 53.9 Å². The number of aromatic nitrogens is 9. The molecule has 6 aromatic rings. The number of rotatable bonds is 18. The summed E-state index contributed by atoms with van der Waals surface area (Å²) in [7, 11) is 0. The lowest BCUT2D eigenvalue weighted by Crippen LogP contribution is -2.43. The molecule has 7 rings (SSSR count). The molecule has 316 valence electrons. The number of pyridine rings is 1. The van der Waals surface area contributed by atoms with Crippen LogP contribution in [0.3, 0.4) is 0 Å². The van der Waals surface area contributed by atoms with Crippen molar-refractivity contribution in [1.29, 1.82) is 0 Å². The minimum atomic E-state index is -0.651. The summed E-state index contributed by atoms with van der Waals surface area (Å²) in [6.07, 6.45) is 3.24. The van der Waals surface area contributed by atoms with Crippen LogP contribution in [0.1, 0.15) is 86.2 Å². The monoisotopic (exact) mass is 821 g/mol. The van der Waals surface area contributed by atoms with Crippen LogP contribution in [0.2, 0.25) is 0 Å². The fourth-order valence-electron chi connectivity index (χ4n) is 7.46. The van der Waals surface area contributed by atoms with E-state index in [1.807, 2.05) is 32.3 Å². The van der Waals surface area contributed by atoms with Gasteiger partial charge in [-0.25, -0.2) is 15.0 Å². The van der Waals surface area contributed by atoms with Gasteiger partial charge in [0.1, 0.15) is 28.2 Å². The predicted molar refractivity (Wildman–Crippen MR) is 224 cm³/mol. The highest BCUT2D eigenvalue weighted by molar-refractivity contribution is 6.05. The van der Waals surface area contributed by atoms with E-state index in [2.05, 4.69) is 41.0 Å². The molecule has 20 heteroatoms. The molecule has 5 aromatic heterocycles. The van der Waals surface area contributed by atoms with Crippen LogP contribution >= 0.6 is 0 Å². The van der Waals surface area contributed by atoms with Gasteiger partial charge in [0.2, 0.25) is 23.7 Å². The van der Waals surface area contributed by atoms with Gasteiger partial charge in [0.15, 0.2) is 5.65 Å². The maximum Gasteiger partial charge on any atom is 0.276 e. The molecule has 0 bridgehead atoms. The average molecular weight is 822 g/mol. The smallest absolute Gasteiger partial charge is 0.276 e. The van der Waals surface area contributed by atoms with Crippen LogP contribution in [0.4, 0.5) is 11.9 Å². The number of anilines is 2. The summed E-state index contributed by atoms with van der Waals surface area (Å²) < 4.78 is 13.3. The number of hydrogen-bond donors (Lipinski definition) is 5. The lowest BCUT2D eigenvalue weighted by Gasteiger charge is -2.27. The average Bonchev–Trinajstić information content (AvgIpc) is 4.00. The number of ether oxygens (including phenoxy) is 1. The van der Waals surface area contributed by atoms with Crippen LogP contribution in [0.25, 0.3) is 22.2 Å². The maximum absolute atomic E-state index is 13.8. The van der Waals surface area contributed by atoms with Crippen molar-refractivity contribution >= 4 is 57.7 Å². The number of primary amides is 2. The van der Waals surface area contributed by atoms with Crippen molar-refractivity contribution in [2.45, 2.75) is 73.1 Å². The highest BCUT2D eigenvalue weighted by Crippen LogP contribution is 2.32. The van der Waals surface area contributed by atoms with Crippen molar-refractivity contribution in [3.05, 3.63) is 70.4 Å². The van der Waals surface area contributed by atoms with Gasteiger partial charge in [-0.1, -0.05) is 0 Å². The molecule has 0 aliphatic carbocycles. The normalized spacial score (nSPS) is 13.3. The first-order valence-electron chi connectivity index (χ1n) is 20.2. The summed E-state index contributed by atoms with van der Waals surface area (Å²) in [5.41, 5.74) is 15.8. The summed E-state index contributed by atoms with van der Waals surface area (Å²) in [5, 5.41) is 18.1. The fraction of sp³-hybridized carbons (Fsp3) is 0.425. The highest BCUT2D eigenvalue weighted by Gasteiger charge is 2.24. The quantitative estimate of drug-likeness (QED) is 0.0785. The van der Waals surface area contributed by atoms with Gasteiger partial charge in [-0.2, -0.15) is 10.2 Å². The Morgan fingerprint density at radius 1 is 0.733 bits per heavy atom. The maximum atomic E-state index is 13.8. The van der Waals surface area contributed by atoms with Crippen molar-refractivity contribution < 1.29 is 23.9 Å². The lowest BCUT2D eigenvalue weighted by molar-refractivity contribution is 0.0991. The number of hydrogen-bond acceptors (Lipinski definition) is 12. The zero-order valence-electron chi connectivity index (χ0n) is 34.3. The topological polar surface area (TPSA) is 253 Å². The molecule has 1 aliphatic heterocycles. The van der Waals surface area contributed by atoms with Crippen LogP contribution in [-0.4, -0.2) is 112 Å². The van der Waals surface area contributed by atoms with Crippen LogP contribution in [0.15, 0.2) is 36.5 Å². The first-order chi connectivity index (χ1) is 28.9. The summed E-state index contributed by atoms with van der Waals surface area (Å²) in [4.78, 5) is 68.2. The number of nitrogens with zero attached hydrogens (tertiary/aromatic N) is 10. The van der Waals surface area contributed by atoms with Crippen molar-refractivity contribution in [3.63, 3.8) is 0 Å². The zero-order chi connectivity index (χ0) is 42.5. The van der Waals surface area contributed by atoms with Crippen molar-refractivity contribution in [3.8, 4) is 5.75 Å². The lowest BCUT2D eigenvalue weighted by atomic mass is 10.1. The van der Waals surface area contributed by atoms with Gasteiger partial charge in [-0.3, -0.25) is 43.7 Å². The highest BCUT2D eigenvalue weighted by atomic mass is 16.5. The number of amides is 4. The Morgan fingerprint density at radius 2 is 1.30 bits per heavy atom. The van der Waals surface area contributed by atoms with Gasteiger partial charge in [-0.05, 0) is 77.3 Å². The number of imidazole rings is 2. The van der Waals surface area contributed by atoms with Gasteiger partial charge in [0, 0.05) is 70.7 Å². The second-order valence-corrected chi connectivity index (χ2v) is 14.7. The third-order valence-electron chi connectivity index (χ3n) is 10.4. The van der Waals surface area contributed by atoms with E-state index in [-0.39, 0.29) is 23.0 Å². The number of piperazine rings is 1. The number of nitrogens with one attached hydrogen (secondary N) is 3. The van der Waals surface area contributed by atoms with Crippen molar-refractivity contribution in [2.24, 2.45) is 11.5 Å². The Labute approximate surface area is 345 Å². The van der Waals surface area contributed by atoms with Gasteiger partial charge >= 0.3 is 0 Å². The number of carbonyl (C=O) groups excluding carboxylic acids is 4. The standard InChI is InChI=1S/C40H51N15O5/c1-5-54-30(18-24(3)49-54)37(58)47-39-45-28-20-26(34(41)56)22-32(60-17-9-12-51-15-10-43-11-16-51)33(28)52(39)13-7-8-14-53-36-29(21-27(23-44-36)35(42)57)46-40(53)48-38(59)31-19-25(4)50-55(31)6-2/h18-23,43H,5-17H2,1-4H3,(H2,41,56)(H2,42,57)(H,45,47,58)(H,46,48,59). The van der Waals surface area contributed by atoms with Crippen LogP contribution in [0.5, 0.6) is 5.75 Å². The molecule has 1 fully saturated rings. The number of benzene rings is 1. The Hall–Kier alpha value is -6.67. The second kappa shape index (κ2) is 18.1. The molecular weight excluding hydrogens is 771 g/mol. The van der Waals surface area contributed by atoms with E-state index in [1.54, 1.807) is 44.3 Å². The van der Waals surface area contributed by atoms with E-state index < -0.39 is 23.6 Å². The van der Waals surface area contributed by atoms with E-state index >= 15 is 0 Å². The minimum absolute atomic E-state index is 0.185. The molecular formula is C40H51N15O5. The minimum Gasteiger partial charge on any atom is -0.491 e. The zero-order valence-corrected chi connectivity index (χ0v) is 34.3. The van der Waals surface area contributed by atoms with Gasteiger partial charge < -0.3 is 31.0 Å². The van der Waals surface area contributed by atoms with E-state index in [0.29, 0.717) is 96.4 Å². The molecule has 0 unspecified atom stereocenters. The van der Waals surface area contributed by atoms with Gasteiger partial charge in [-0.15, -0.1) is 0 Å². The first-order valence-corrected chi connectivity index (χ1v) is 20.2. The van der Waals surface area contributed by atoms with Crippen molar-refractivity contribution in [2.75, 3.05) is 50.0 Å². The summed E-state index contributed by atoms with van der Waals surface area (Å²) in [5.74, 6) is -1.16. The van der Waals surface area contributed by atoms with Crippen LogP contribution in [0, 0.1) is 13.8 Å². The first kappa shape index (κ1) is 41.5. The molecule has 6 heterocycles. The van der Waals surface area contributed by atoms with E-state index in [9.17, 15) is 19.2 Å². The number of aryl methyl sites for hydroxylation is 6. The summed E-state index contributed by atoms with van der Waals surface area (Å²) in [6, 6.07) is 8.19. The van der Waals surface area contributed by atoms with E-state index in [1.165, 1.54) is 6.20 Å². The van der Waals surface area contributed by atoms with Crippen LogP contribution in [-0.2, 0) is 26.2 Å². The second-order valence-electron chi connectivity index (χ2n) is 14.7. The van der Waals surface area contributed by atoms with Gasteiger partial charge in [0.25, 0.3) is 11.8 Å². The predicted octanol–water partition coefficient (Wildman–Crippen LogP) is 2.69. The molecule has 60 heavy (non-hydrogen) atoms. The van der Waals surface area contributed by atoms with E-state index in [4.69, 9.17) is 21.2 Å². The summed E-state index contributed by atoms with van der Waals surface area (Å²) in [6.45, 7) is 14.2. The number of unbranched alkanes of at least 4 members (excludes halogenated alkanes) is 1. The number of nitrogens with two attached hydrogens (primary N) is 2. The number of carbonyl (C=O) groups is 4. The van der Waals surface area contributed by atoms with Crippen LogP contribution < -0.4 is 32.2 Å². The largest absolute Gasteiger partial charge is 0.491 e. The molecule has 4 amide bonds. The SMILES string of the molecule is CCn1nc(C)cc1C(=O)Nc1nc2cc(C(N)=O)cnc2n1CCCCn1c(NC(=O)c2cc(C)nn2CC)nc2cc(C(N)=O)cc(OCCCN3CCNCC3)c21. The Balaban J connectivity index is 1.18. The Kier molecular flexibility index (Phi) is 12.5. The number of fused-ring (bicyclic) bond motifs is 2. The third kappa shape index (κ3) is 8.98. The van der Waals surface area contributed by atoms with Gasteiger partial charge in [0.05, 0.1) is 29.1 Å². The molecule has 1 aliphatic rings.